The summed E-state index contributed by atoms with van der Waals surface area (Å²) in [6, 6.07) is 6.27. The molecule has 1 unspecified atom stereocenters. The number of rotatable bonds is 3. The molecule has 0 saturated heterocycles. The molecule has 2 nitrogen and oxygen atoms in total. The Morgan fingerprint density at radius 3 is 2.29 bits per heavy atom. The number of hydrogen-bond acceptors (Lipinski definition) is 1. The monoisotopic (exact) mass is 309 g/mol. The number of amides is 1. The second kappa shape index (κ2) is 5.53. The molecule has 1 N–H and O–H groups in total. The average Bonchev–Trinajstić information content (AvgIpc) is 2.18. The zero-order chi connectivity index (χ0) is 13.1. The van der Waals surface area contributed by atoms with E-state index >= 15 is 0 Å². The predicted molar refractivity (Wildman–Crippen MR) is 63.2 cm³/mol. The summed E-state index contributed by atoms with van der Waals surface area (Å²) in [4.78, 5) is 10.9. The third-order valence-corrected chi connectivity index (χ3v) is 2.31. The predicted octanol–water partition coefficient (Wildman–Crippen LogP) is 3.51. The molecule has 0 spiro atoms. The van der Waals surface area contributed by atoms with Gasteiger partial charge in [-0.15, -0.1) is 0 Å². The molecule has 0 fully saturated rings. The molecule has 0 aliphatic heterocycles. The number of alkyl halides is 4. The number of carbonyl (C=O) groups excluding carboxylic acids is 1. The molecule has 1 rings (SSSR count). The van der Waals surface area contributed by atoms with E-state index < -0.39 is 12.1 Å². The molecule has 0 heterocycles. The van der Waals surface area contributed by atoms with E-state index in [4.69, 9.17) is 0 Å². The summed E-state index contributed by atoms with van der Waals surface area (Å²) < 4.78 is 35.9. The Morgan fingerprint density at radius 1 is 1.35 bits per heavy atom. The minimum Gasteiger partial charge on any atom is -0.318 e. The molecule has 1 aromatic carbocycles. The Kier molecular flexibility index (Phi) is 4.56. The van der Waals surface area contributed by atoms with Gasteiger partial charge in [-0.2, -0.15) is 13.2 Å². The Balaban J connectivity index is 2.66. The number of carbonyl (C=O) groups is 1. The standard InChI is InChI=1S/C11H11BrF3NO/c1-7(12)6-8-2-4-9(5-3-8)16-10(17)11(13,14)15/h2-5,7H,6H2,1H3,(H,16,17). The molecule has 0 radical (unpaired) electrons. The molecular weight excluding hydrogens is 299 g/mol. The zero-order valence-corrected chi connectivity index (χ0v) is 10.6. The highest BCUT2D eigenvalue weighted by Crippen LogP contribution is 2.19. The molecule has 0 aliphatic carbocycles. The molecule has 0 aliphatic rings. The second-order valence-electron chi connectivity index (χ2n) is 3.63. The van der Waals surface area contributed by atoms with Crippen LogP contribution in [-0.2, 0) is 11.2 Å². The lowest BCUT2D eigenvalue weighted by Crippen LogP contribution is -2.29. The maximum absolute atomic E-state index is 12.0. The summed E-state index contributed by atoms with van der Waals surface area (Å²) in [6.07, 6.45) is -4.09. The quantitative estimate of drug-likeness (QED) is 0.851. The van der Waals surface area contributed by atoms with Gasteiger partial charge in [-0.3, -0.25) is 4.79 Å². The van der Waals surface area contributed by atoms with Crippen molar-refractivity contribution in [2.24, 2.45) is 0 Å². The Morgan fingerprint density at radius 2 is 1.88 bits per heavy atom. The molecule has 0 aromatic heterocycles. The van der Waals surface area contributed by atoms with E-state index in [1.807, 2.05) is 6.92 Å². The first kappa shape index (κ1) is 14.0. The average molecular weight is 310 g/mol. The summed E-state index contributed by atoms with van der Waals surface area (Å²) in [5, 5.41) is 1.79. The molecule has 1 aromatic rings. The molecule has 6 heteroatoms. The highest BCUT2D eigenvalue weighted by atomic mass is 79.9. The molecular formula is C11H11BrF3NO. The minimum atomic E-state index is -4.86. The van der Waals surface area contributed by atoms with Crippen LogP contribution >= 0.6 is 15.9 Å². The fourth-order valence-electron chi connectivity index (χ4n) is 1.25. The van der Waals surface area contributed by atoms with Crippen molar-refractivity contribution in [3.63, 3.8) is 0 Å². The van der Waals surface area contributed by atoms with Crippen molar-refractivity contribution in [1.29, 1.82) is 0 Å². The van der Waals surface area contributed by atoms with Crippen molar-refractivity contribution in [1.82, 2.24) is 0 Å². The van der Waals surface area contributed by atoms with Crippen molar-refractivity contribution >= 4 is 27.5 Å². The van der Waals surface area contributed by atoms with Crippen LogP contribution in [0.2, 0.25) is 0 Å². The number of hydrogen-bond donors (Lipinski definition) is 1. The lowest BCUT2D eigenvalue weighted by atomic mass is 10.1. The molecule has 1 amide bonds. The van der Waals surface area contributed by atoms with Gasteiger partial charge < -0.3 is 5.32 Å². The third kappa shape index (κ3) is 4.77. The van der Waals surface area contributed by atoms with Crippen molar-refractivity contribution in [2.45, 2.75) is 24.3 Å². The van der Waals surface area contributed by atoms with Crippen LogP contribution in [0.3, 0.4) is 0 Å². The van der Waals surface area contributed by atoms with Crippen LogP contribution in [0.1, 0.15) is 12.5 Å². The highest BCUT2D eigenvalue weighted by molar-refractivity contribution is 9.09. The normalized spacial score (nSPS) is 13.2. The molecule has 1 atom stereocenters. The van der Waals surface area contributed by atoms with Crippen LogP contribution in [0.25, 0.3) is 0 Å². The van der Waals surface area contributed by atoms with Crippen LogP contribution in [0.5, 0.6) is 0 Å². The molecule has 0 saturated carbocycles. The van der Waals surface area contributed by atoms with Crippen molar-refractivity contribution in [2.75, 3.05) is 5.32 Å². The van der Waals surface area contributed by atoms with Crippen molar-refractivity contribution in [3.05, 3.63) is 29.8 Å². The van der Waals surface area contributed by atoms with Gasteiger partial charge in [0.15, 0.2) is 0 Å². The third-order valence-electron chi connectivity index (χ3n) is 1.99. The lowest BCUT2D eigenvalue weighted by molar-refractivity contribution is -0.167. The first-order chi connectivity index (χ1) is 7.79. The van der Waals surface area contributed by atoms with Gasteiger partial charge in [-0.25, -0.2) is 0 Å². The largest absolute Gasteiger partial charge is 0.471 e. The zero-order valence-electron chi connectivity index (χ0n) is 9.01. The van der Waals surface area contributed by atoms with Crippen LogP contribution in [0, 0.1) is 0 Å². The molecule has 0 bridgehead atoms. The van der Waals surface area contributed by atoms with Gasteiger partial charge in [-0.05, 0) is 24.1 Å². The van der Waals surface area contributed by atoms with Gasteiger partial charge in [0.25, 0.3) is 0 Å². The summed E-state index contributed by atoms with van der Waals surface area (Å²) in [5.41, 5.74) is 1.12. The number of halogens is 4. The SMILES string of the molecule is CC(Br)Cc1ccc(NC(=O)C(F)(F)F)cc1. The summed E-state index contributed by atoms with van der Waals surface area (Å²) in [6.45, 7) is 1.97. The maximum atomic E-state index is 12.0. The van der Waals surface area contributed by atoms with E-state index in [1.165, 1.54) is 12.1 Å². The number of benzene rings is 1. The summed E-state index contributed by atoms with van der Waals surface area (Å²) in [7, 11) is 0. The first-order valence-electron chi connectivity index (χ1n) is 4.90. The molecule has 17 heavy (non-hydrogen) atoms. The van der Waals surface area contributed by atoms with Gasteiger partial charge >= 0.3 is 12.1 Å². The first-order valence-corrected chi connectivity index (χ1v) is 5.82. The number of nitrogens with one attached hydrogen (secondary N) is 1. The highest BCUT2D eigenvalue weighted by Gasteiger charge is 2.38. The van der Waals surface area contributed by atoms with E-state index in [-0.39, 0.29) is 10.5 Å². The van der Waals surface area contributed by atoms with Crippen molar-refractivity contribution in [3.8, 4) is 0 Å². The van der Waals surface area contributed by atoms with Gasteiger partial charge in [-0.1, -0.05) is 35.0 Å². The van der Waals surface area contributed by atoms with Crippen LogP contribution in [0.15, 0.2) is 24.3 Å². The Bertz CT molecular complexity index is 387. The number of anilines is 1. The van der Waals surface area contributed by atoms with Gasteiger partial charge in [0.05, 0.1) is 0 Å². The maximum Gasteiger partial charge on any atom is 0.471 e. The van der Waals surface area contributed by atoms with Crippen LogP contribution in [-0.4, -0.2) is 16.9 Å². The van der Waals surface area contributed by atoms with E-state index in [0.29, 0.717) is 0 Å². The fraction of sp³-hybridized carbons (Fsp3) is 0.364. The lowest BCUT2D eigenvalue weighted by Gasteiger charge is -2.09. The van der Waals surface area contributed by atoms with Crippen LogP contribution < -0.4 is 5.32 Å². The topological polar surface area (TPSA) is 29.1 Å². The Hall–Kier alpha value is -1.04. The summed E-state index contributed by atoms with van der Waals surface area (Å²) >= 11 is 3.38. The fourth-order valence-corrected chi connectivity index (χ4v) is 1.62. The molecule has 94 valence electrons. The van der Waals surface area contributed by atoms with E-state index in [0.717, 1.165) is 12.0 Å². The van der Waals surface area contributed by atoms with E-state index in [1.54, 1.807) is 17.4 Å². The van der Waals surface area contributed by atoms with Crippen LogP contribution in [0.4, 0.5) is 18.9 Å². The summed E-state index contributed by atoms with van der Waals surface area (Å²) in [5.74, 6) is -1.96. The van der Waals surface area contributed by atoms with Gasteiger partial charge in [0, 0.05) is 10.5 Å². The van der Waals surface area contributed by atoms with Gasteiger partial charge in [0.2, 0.25) is 0 Å². The smallest absolute Gasteiger partial charge is 0.318 e. The van der Waals surface area contributed by atoms with Crippen molar-refractivity contribution < 1.29 is 18.0 Å². The second-order valence-corrected chi connectivity index (χ2v) is 5.20. The Labute approximate surface area is 105 Å². The van der Waals surface area contributed by atoms with E-state index in [9.17, 15) is 18.0 Å². The van der Waals surface area contributed by atoms with Gasteiger partial charge in [0.1, 0.15) is 0 Å². The minimum absolute atomic E-state index is 0.137. The van der Waals surface area contributed by atoms with E-state index in [2.05, 4.69) is 15.9 Å².